The van der Waals surface area contributed by atoms with Gasteiger partial charge in [0.25, 0.3) is 11.8 Å². The fraction of sp³-hybridized carbons (Fsp3) is 0.500. The molecule has 6 nitrogen and oxygen atoms in total. The highest BCUT2D eigenvalue weighted by Gasteiger charge is 2.37. The first-order valence-corrected chi connectivity index (χ1v) is 16.7. The molecule has 4 rings (SSSR count). The highest BCUT2D eigenvalue weighted by molar-refractivity contribution is 5.95. The molecule has 0 radical (unpaired) electrons. The minimum atomic E-state index is -3.10. The summed E-state index contributed by atoms with van der Waals surface area (Å²) in [7, 11) is 1.88. The molecule has 0 bridgehead atoms. The Morgan fingerprint density at radius 2 is 1.91 bits per heavy atom. The lowest BCUT2D eigenvalue weighted by molar-refractivity contribution is -0.110. The predicted octanol–water partition coefficient (Wildman–Crippen LogP) is 9.12. The number of aldehydes is 1. The monoisotopic (exact) mass is 652 g/mol. The van der Waals surface area contributed by atoms with Gasteiger partial charge in [-0.05, 0) is 72.4 Å². The molecular formula is C38H51F3N4O2. The Kier molecular flexibility index (Phi) is 13.0. The first kappa shape index (κ1) is 37.6. The minimum Gasteiger partial charge on any atom is -0.395 e. The van der Waals surface area contributed by atoms with Crippen LogP contribution in [0.5, 0.6) is 0 Å². The number of aromatic nitrogens is 1. The van der Waals surface area contributed by atoms with E-state index in [1.165, 1.54) is 12.3 Å². The molecule has 1 aliphatic carbocycles. The molecule has 1 amide bonds. The van der Waals surface area contributed by atoms with Crippen molar-refractivity contribution >= 4 is 23.6 Å². The Labute approximate surface area is 278 Å². The van der Waals surface area contributed by atoms with Gasteiger partial charge in [-0.3, -0.25) is 9.78 Å². The fourth-order valence-electron chi connectivity index (χ4n) is 6.27. The third kappa shape index (κ3) is 8.54. The molecule has 0 saturated heterocycles. The Morgan fingerprint density at radius 1 is 1.26 bits per heavy atom. The van der Waals surface area contributed by atoms with Crippen LogP contribution in [0, 0.1) is 11.7 Å². The van der Waals surface area contributed by atoms with E-state index in [4.69, 9.17) is 5.73 Å². The van der Waals surface area contributed by atoms with E-state index < -0.39 is 12.0 Å². The highest BCUT2D eigenvalue weighted by Crippen LogP contribution is 2.43. The van der Waals surface area contributed by atoms with Crippen molar-refractivity contribution in [2.75, 3.05) is 24.2 Å². The fourth-order valence-corrected chi connectivity index (χ4v) is 6.27. The third-order valence-corrected chi connectivity index (χ3v) is 8.97. The average Bonchev–Trinajstić information content (AvgIpc) is 3.01. The first-order valence-electron chi connectivity index (χ1n) is 16.7. The normalized spacial score (nSPS) is 16.7. The maximum Gasteiger partial charge on any atom is 0.287 e. The molecule has 47 heavy (non-hydrogen) atoms. The lowest BCUT2D eigenvalue weighted by Crippen LogP contribution is -2.47. The van der Waals surface area contributed by atoms with E-state index >= 15 is 4.39 Å². The molecule has 1 fully saturated rings. The van der Waals surface area contributed by atoms with Crippen LogP contribution in [0.4, 0.5) is 24.5 Å². The second-order valence-electron chi connectivity index (χ2n) is 12.9. The van der Waals surface area contributed by atoms with Gasteiger partial charge in [0.2, 0.25) is 0 Å². The van der Waals surface area contributed by atoms with Crippen molar-refractivity contribution < 1.29 is 22.8 Å². The number of rotatable bonds is 12. The van der Waals surface area contributed by atoms with Crippen molar-refractivity contribution in [3.05, 3.63) is 88.7 Å². The zero-order valence-corrected chi connectivity index (χ0v) is 28.8. The van der Waals surface area contributed by atoms with Crippen molar-refractivity contribution in [2.45, 2.75) is 104 Å². The molecule has 0 spiro atoms. The molecule has 1 aliphatic heterocycles. The van der Waals surface area contributed by atoms with Gasteiger partial charge in [0.05, 0.1) is 23.0 Å². The molecule has 2 heterocycles. The van der Waals surface area contributed by atoms with Crippen LogP contribution >= 0.6 is 0 Å². The summed E-state index contributed by atoms with van der Waals surface area (Å²) in [4.78, 5) is 31.2. The Bertz CT molecular complexity index is 1490. The van der Waals surface area contributed by atoms with Gasteiger partial charge in [-0.2, -0.15) is 8.78 Å². The number of halogens is 3. The van der Waals surface area contributed by atoms with Crippen LogP contribution in [0.3, 0.4) is 0 Å². The van der Waals surface area contributed by atoms with Crippen molar-refractivity contribution in [1.29, 1.82) is 0 Å². The standard InChI is InChI=1S/C34H43F3N4O.C4H8O/c1-7-11-21(4)29-26(40(6)28-16-15-25(23-13-10-14-23)30(35)31(28)38)17-18-41(27(29)12-8-2)33(42)24-19-22(9-3)32(39-20-24)34(5,36)37;1-4(2)3-5/h8,15-16,19-20,23,27H,2,4,7,9-14,17-18,38H2,1,3,5-6H3;3-4H,1-2H3. The van der Waals surface area contributed by atoms with Gasteiger partial charge >= 0.3 is 0 Å². The number of nitrogens with zero attached hydrogens (tertiary/aromatic N) is 3. The first-order chi connectivity index (χ1) is 22.2. The second-order valence-corrected chi connectivity index (χ2v) is 12.9. The second kappa shape index (κ2) is 16.3. The number of hydrogen-bond acceptors (Lipinski definition) is 5. The van der Waals surface area contributed by atoms with Crippen LogP contribution in [-0.2, 0) is 17.1 Å². The summed E-state index contributed by atoms with van der Waals surface area (Å²) in [6.07, 6.45) is 9.84. The molecular weight excluding hydrogens is 601 g/mol. The van der Waals surface area contributed by atoms with E-state index in [2.05, 4.69) is 25.1 Å². The number of nitrogen functional groups attached to an aromatic ring is 1. The number of hydrogen-bond donors (Lipinski definition) is 1. The molecule has 1 aromatic heterocycles. The molecule has 1 aromatic carbocycles. The van der Waals surface area contributed by atoms with Crippen molar-refractivity contribution in [3.8, 4) is 0 Å². The SMILES string of the molecule is C=CCC1C(C(=C)CCC)=C(N(C)c2ccc(C3CCC3)c(F)c2N)CCN1C(=O)c1cnc(C(C)(F)F)c(CC)c1.CC(C)C=O. The number of pyridine rings is 1. The molecule has 1 saturated carbocycles. The predicted molar refractivity (Wildman–Crippen MR) is 185 cm³/mol. The smallest absolute Gasteiger partial charge is 0.287 e. The van der Waals surface area contributed by atoms with E-state index in [1.807, 2.05) is 37.9 Å². The van der Waals surface area contributed by atoms with Gasteiger partial charge in [0.1, 0.15) is 12.0 Å². The lowest BCUT2D eigenvalue weighted by Gasteiger charge is -2.42. The van der Waals surface area contributed by atoms with Gasteiger partial charge < -0.3 is 20.3 Å². The minimum absolute atomic E-state index is 0.125. The number of amides is 1. The summed E-state index contributed by atoms with van der Waals surface area (Å²) < 4.78 is 43.7. The number of nitrogens with two attached hydrogens (primary N) is 1. The van der Waals surface area contributed by atoms with Crippen molar-refractivity contribution in [2.24, 2.45) is 5.92 Å². The number of aryl methyl sites for hydroxylation is 1. The van der Waals surface area contributed by atoms with Gasteiger partial charge in [-0.15, -0.1) is 6.58 Å². The molecule has 1 unspecified atom stereocenters. The summed E-state index contributed by atoms with van der Waals surface area (Å²) in [6.45, 7) is 17.1. The molecule has 2 aromatic rings. The van der Waals surface area contributed by atoms with E-state index in [1.54, 1.807) is 17.9 Å². The van der Waals surface area contributed by atoms with Crippen LogP contribution in [-0.4, -0.2) is 41.7 Å². The van der Waals surface area contributed by atoms with E-state index in [0.29, 0.717) is 49.0 Å². The topological polar surface area (TPSA) is 79.5 Å². The number of anilines is 2. The summed E-state index contributed by atoms with van der Waals surface area (Å²) in [6, 6.07) is 4.89. The van der Waals surface area contributed by atoms with Gasteiger partial charge in [-0.1, -0.05) is 59.3 Å². The Hall–Kier alpha value is -3.88. The largest absolute Gasteiger partial charge is 0.395 e. The summed E-state index contributed by atoms with van der Waals surface area (Å²) in [5.41, 5.74) is 10.8. The number of carbonyl (C=O) groups excluding carboxylic acids is 2. The summed E-state index contributed by atoms with van der Waals surface area (Å²) in [5, 5.41) is 0. The van der Waals surface area contributed by atoms with Crippen molar-refractivity contribution in [1.82, 2.24) is 9.88 Å². The van der Waals surface area contributed by atoms with Crippen LogP contribution in [0.15, 0.2) is 60.5 Å². The van der Waals surface area contributed by atoms with Gasteiger partial charge in [-0.25, -0.2) is 4.39 Å². The van der Waals surface area contributed by atoms with Crippen LogP contribution in [0.25, 0.3) is 0 Å². The van der Waals surface area contributed by atoms with Crippen LogP contribution in [0.1, 0.15) is 113 Å². The Balaban J connectivity index is 0.00000111. The number of alkyl halides is 2. The zero-order chi connectivity index (χ0) is 35.1. The van der Waals surface area contributed by atoms with Crippen molar-refractivity contribution in [3.63, 3.8) is 0 Å². The van der Waals surface area contributed by atoms with Crippen LogP contribution < -0.4 is 10.6 Å². The number of carbonyl (C=O) groups is 2. The maximum absolute atomic E-state index is 15.5. The third-order valence-electron chi connectivity index (χ3n) is 8.97. The van der Waals surface area contributed by atoms with Gasteiger partial charge in [0.15, 0.2) is 5.82 Å². The maximum atomic E-state index is 15.5. The van der Waals surface area contributed by atoms with E-state index in [9.17, 15) is 18.4 Å². The molecule has 1 atom stereocenters. The summed E-state index contributed by atoms with van der Waals surface area (Å²) in [5.74, 6) is -3.32. The summed E-state index contributed by atoms with van der Waals surface area (Å²) >= 11 is 0. The van der Waals surface area contributed by atoms with Crippen LogP contribution in [0.2, 0.25) is 0 Å². The molecule has 9 heteroatoms. The molecule has 2 N–H and O–H groups in total. The number of benzene rings is 1. The highest BCUT2D eigenvalue weighted by atomic mass is 19.3. The van der Waals surface area contributed by atoms with E-state index in [0.717, 1.165) is 55.7 Å². The average molecular weight is 653 g/mol. The molecule has 2 aliphatic rings. The van der Waals surface area contributed by atoms with Gasteiger partial charge in [0, 0.05) is 44.7 Å². The van der Waals surface area contributed by atoms with E-state index in [-0.39, 0.29) is 40.5 Å². The quantitative estimate of drug-likeness (QED) is 0.141. The molecule has 256 valence electrons. The Morgan fingerprint density at radius 3 is 2.43 bits per heavy atom. The lowest BCUT2D eigenvalue weighted by atomic mass is 9.79. The zero-order valence-electron chi connectivity index (χ0n) is 28.8.